The first kappa shape index (κ1) is 27.9. The fourth-order valence-electron chi connectivity index (χ4n) is 4.75. The standard InChI is InChI=1S/C28H26BrF5N2O2/c29-21-12-10-19(11-13-21)27(17-18-6-2-1-3-7-18,36-26(37)35-23-8-4-5-9-23)20-14-22(30)16-24(15-20)38-28(33,34)25(31)32/h1-3,6-7,10-16,23,25H,4-5,8-9,17H2,(H2,35,36,37). The average Bonchev–Trinajstić information content (AvgIpc) is 3.37. The number of amides is 2. The van der Waals surface area contributed by atoms with Gasteiger partial charge >= 0.3 is 18.6 Å². The maximum absolute atomic E-state index is 14.9. The molecular weight excluding hydrogens is 571 g/mol. The number of hydrogen-bond donors (Lipinski definition) is 2. The van der Waals surface area contributed by atoms with Crippen LogP contribution >= 0.6 is 15.9 Å². The van der Waals surface area contributed by atoms with Crippen molar-refractivity contribution in [3.05, 3.63) is 99.8 Å². The predicted molar refractivity (Wildman–Crippen MR) is 137 cm³/mol. The van der Waals surface area contributed by atoms with Gasteiger partial charge in [0.05, 0.1) is 5.54 Å². The van der Waals surface area contributed by atoms with Crippen LogP contribution in [0.25, 0.3) is 0 Å². The normalized spacial score (nSPS) is 15.8. The van der Waals surface area contributed by atoms with E-state index >= 15 is 0 Å². The lowest BCUT2D eigenvalue weighted by Gasteiger charge is -2.37. The van der Waals surface area contributed by atoms with Crippen molar-refractivity contribution in [1.82, 2.24) is 10.6 Å². The number of rotatable bonds is 9. The van der Waals surface area contributed by atoms with Gasteiger partial charge in [0.25, 0.3) is 0 Å². The van der Waals surface area contributed by atoms with Gasteiger partial charge in [0.1, 0.15) is 11.6 Å². The van der Waals surface area contributed by atoms with E-state index in [-0.39, 0.29) is 18.0 Å². The number of halogens is 6. The SMILES string of the molecule is O=C(NC1CCCC1)NC(Cc1ccccc1)(c1ccc(Br)cc1)c1cc(F)cc(OC(F)(F)C(F)F)c1. The first-order valence-electron chi connectivity index (χ1n) is 12.1. The first-order chi connectivity index (χ1) is 18.1. The van der Waals surface area contributed by atoms with Crippen molar-refractivity contribution in [3.63, 3.8) is 0 Å². The molecule has 2 amide bonds. The molecule has 1 fully saturated rings. The number of carbonyl (C=O) groups is 1. The van der Waals surface area contributed by atoms with Crippen LogP contribution < -0.4 is 15.4 Å². The quantitative estimate of drug-likeness (QED) is 0.250. The summed E-state index contributed by atoms with van der Waals surface area (Å²) in [5.41, 5.74) is -0.166. The molecule has 0 aliphatic heterocycles. The molecule has 4 nitrogen and oxygen atoms in total. The number of hydrogen-bond acceptors (Lipinski definition) is 2. The van der Waals surface area contributed by atoms with E-state index in [2.05, 4.69) is 31.3 Å². The molecule has 1 unspecified atom stereocenters. The highest BCUT2D eigenvalue weighted by atomic mass is 79.9. The lowest BCUT2D eigenvalue weighted by atomic mass is 9.77. The molecule has 0 bridgehead atoms. The van der Waals surface area contributed by atoms with Gasteiger partial charge in [-0.25, -0.2) is 9.18 Å². The van der Waals surface area contributed by atoms with E-state index in [1.54, 1.807) is 36.4 Å². The Balaban J connectivity index is 1.86. The summed E-state index contributed by atoms with van der Waals surface area (Å²) >= 11 is 3.38. The molecule has 38 heavy (non-hydrogen) atoms. The van der Waals surface area contributed by atoms with Crippen molar-refractivity contribution >= 4 is 22.0 Å². The van der Waals surface area contributed by atoms with Crippen LogP contribution in [0.3, 0.4) is 0 Å². The molecule has 2 N–H and O–H groups in total. The third-order valence-corrected chi connectivity index (χ3v) is 7.07. The predicted octanol–water partition coefficient (Wildman–Crippen LogP) is 7.55. The highest BCUT2D eigenvalue weighted by Crippen LogP contribution is 2.38. The minimum Gasteiger partial charge on any atom is -0.428 e. The summed E-state index contributed by atoms with van der Waals surface area (Å²) in [5.74, 6) is -1.78. The Hall–Kier alpha value is -3.14. The minimum atomic E-state index is -4.84. The molecule has 0 radical (unpaired) electrons. The molecule has 1 saturated carbocycles. The summed E-state index contributed by atoms with van der Waals surface area (Å²) in [5, 5.41) is 5.92. The topological polar surface area (TPSA) is 50.4 Å². The summed E-state index contributed by atoms with van der Waals surface area (Å²) in [7, 11) is 0. The van der Waals surface area contributed by atoms with Gasteiger partial charge in [-0.3, -0.25) is 0 Å². The van der Waals surface area contributed by atoms with Gasteiger partial charge in [-0.15, -0.1) is 0 Å². The molecule has 0 spiro atoms. The number of ether oxygens (including phenoxy) is 1. The van der Waals surface area contributed by atoms with Gasteiger partial charge in [-0.2, -0.15) is 17.6 Å². The Morgan fingerprint density at radius 2 is 1.63 bits per heavy atom. The van der Waals surface area contributed by atoms with Crippen LogP contribution in [0.15, 0.2) is 77.3 Å². The van der Waals surface area contributed by atoms with Gasteiger partial charge < -0.3 is 15.4 Å². The molecule has 202 valence electrons. The van der Waals surface area contributed by atoms with Gasteiger partial charge in [-0.1, -0.05) is 71.2 Å². The number of nitrogens with one attached hydrogen (secondary N) is 2. The fourth-order valence-corrected chi connectivity index (χ4v) is 5.02. The Morgan fingerprint density at radius 3 is 2.26 bits per heavy atom. The van der Waals surface area contributed by atoms with E-state index in [4.69, 9.17) is 0 Å². The number of benzene rings is 3. The van der Waals surface area contributed by atoms with E-state index in [0.717, 1.165) is 47.9 Å². The molecule has 0 aromatic heterocycles. The number of alkyl halides is 4. The van der Waals surface area contributed by atoms with Crippen LogP contribution in [-0.2, 0) is 12.0 Å². The largest absolute Gasteiger partial charge is 0.461 e. The lowest BCUT2D eigenvalue weighted by molar-refractivity contribution is -0.253. The van der Waals surface area contributed by atoms with Gasteiger partial charge in [0.2, 0.25) is 0 Å². The molecule has 1 aliphatic rings. The monoisotopic (exact) mass is 596 g/mol. The van der Waals surface area contributed by atoms with E-state index in [1.165, 1.54) is 0 Å². The van der Waals surface area contributed by atoms with E-state index < -0.39 is 35.7 Å². The molecule has 1 atom stereocenters. The van der Waals surface area contributed by atoms with Crippen molar-refractivity contribution in [1.29, 1.82) is 0 Å². The average molecular weight is 597 g/mol. The summed E-state index contributed by atoms with van der Waals surface area (Å²) in [6.07, 6.45) is -5.26. The summed E-state index contributed by atoms with van der Waals surface area (Å²) in [6, 6.07) is 18.1. The fraction of sp³-hybridized carbons (Fsp3) is 0.321. The first-order valence-corrected chi connectivity index (χ1v) is 12.9. The molecule has 0 heterocycles. The van der Waals surface area contributed by atoms with Crippen LogP contribution in [0.1, 0.15) is 42.4 Å². The van der Waals surface area contributed by atoms with Gasteiger partial charge in [0, 0.05) is 23.0 Å². The van der Waals surface area contributed by atoms with Crippen molar-refractivity contribution in [2.75, 3.05) is 0 Å². The maximum Gasteiger partial charge on any atom is 0.461 e. The third-order valence-electron chi connectivity index (χ3n) is 6.54. The Morgan fingerprint density at radius 1 is 0.974 bits per heavy atom. The highest BCUT2D eigenvalue weighted by molar-refractivity contribution is 9.10. The maximum atomic E-state index is 14.9. The highest BCUT2D eigenvalue weighted by Gasteiger charge is 2.45. The van der Waals surface area contributed by atoms with Crippen LogP contribution in [0, 0.1) is 5.82 Å². The van der Waals surface area contributed by atoms with Crippen molar-refractivity contribution in [2.45, 2.75) is 56.2 Å². The minimum absolute atomic E-state index is 0.0366. The number of urea groups is 1. The Kier molecular flexibility index (Phi) is 8.60. The van der Waals surface area contributed by atoms with Crippen LogP contribution in [0.5, 0.6) is 5.75 Å². The second-order valence-corrected chi connectivity index (χ2v) is 10.2. The number of carbonyl (C=O) groups excluding carboxylic acids is 1. The molecular formula is C28H26BrF5N2O2. The van der Waals surface area contributed by atoms with Crippen LogP contribution in [0.4, 0.5) is 26.7 Å². The molecule has 10 heteroatoms. The van der Waals surface area contributed by atoms with Gasteiger partial charge in [0.15, 0.2) is 0 Å². The molecule has 4 rings (SSSR count). The lowest BCUT2D eigenvalue weighted by Crippen LogP contribution is -2.53. The second-order valence-electron chi connectivity index (χ2n) is 9.29. The van der Waals surface area contributed by atoms with E-state index in [9.17, 15) is 26.7 Å². The zero-order chi connectivity index (χ0) is 27.3. The molecule has 0 saturated heterocycles. The van der Waals surface area contributed by atoms with E-state index in [0.29, 0.717) is 11.6 Å². The van der Waals surface area contributed by atoms with Crippen molar-refractivity contribution in [2.24, 2.45) is 0 Å². The third kappa shape index (κ3) is 6.64. The summed E-state index contributed by atoms with van der Waals surface area (Å²) in [4.78, 5) is 13.3. The van der Waals surface area contributed by atoms with Gasteiger partial charge in [-0.05, 0) is 53.8 Å². The second kappa shape index (κ2) is 11.7. The molecule has 3 aromatic rings. The van der Waals surface area contributed by atoms with Crippen LogP contribution in [-0.4, -0.2) is 24.6 Å². The smallest absolute Gasteiger partial charge is 0.428 e. The zero-order valence-electron chi connectivity index (χ0n) is 20.2. The zero-order valence-corrected chi connectivity index (χ0v) is 21.8. The Labute approximate surface area is 225 Å². The summed E-state index contributed by atoms with van der Waals surface area (Å²) < 4.78 is 73.1. The van der Waals surface area contributed by atoms with Crippen molar-refractivity contribution < 1.29 is 31.5 Å². The summed E-state index contributed by atoms with van der Waals surface area (Å²) in [6.45, 7) is 0. The van der Waals surface area contributed by atoms with Crippen molar-refractivity contribution in [3.8, 4) is 5.75 Å². The Bertz CT molecular complexity index is 1240. The van der Waals surface area contributed by atoms with E-state index in [1.807, 2.05) is 18.2 Å². The molecule has 1 aliphatic carbocycles. The molecule has 3 aromatic carbocycles. The van der Waals surface area contributed by atoms with Crippen LogP contribution in [0.2, 0.25) is 0 Å².